The number of benzene rings is 12. The average Bonchev–Trinajstić information content (AvgIpc) is 2.48. The smallest absolute Gasteiger partial charge is 0.142 e. The van der Waals surface area contributed by atoms with Crippen molar-refractivity contribution in [2.45, 2.75) is 0 Å². The van der Waals surface area contributed by atoms with E-state index in [0.29, 0.717) is 0 Å². The Labute approximate surface area is 480 Å². The number of para-hydroxylation sites is 9. The van der Waals surface area contributed by atoms with Crippen LogP contribution in [0.25, 0.3) is 165 Å². The molecule has 0 aliphatic rings. The summed E-state index contributed by atoms with van der Waals surface area (Å²) < 4.78 is 14.7. The fourth-order valence-corrected chi connectivity index (χ4v) is 14.7. The van der Waals surface area contributed by atoms with Crippen molar-refractivity contribution in [1.82, 2.24) is 32.4 Å². The van der Waals surface area contributed by atoms with Gasteiger partial charge in [0, 0.05) is 76.8 Å². The molecule has 0 atom stereocenters. The van der Waals surface area contributed by atoms with Gasteiger partial charge >= 0.3 is 0 Å². The Hall–Kier alpha value is -11.4. The maximum atomic E-state index is 5.99. The van der Waals surface area contributed by atoms with E-state index in [1.807, 2.05) is 0 Å². The molecule has 7 heterocycles. The van der Waals surface area contributed by atoms with Crippen LogP contribution in [0.5, 0.6) is 0 Å². The van der Waals surface area contributed by atoms with Crippen LogP contribution in [0.3, 0.4) is 0 Å². The Morgan fingerprint density at radius 3 is 0.679 bits per heavy atom. The molecule has 84 heavy (non-hydrogen) atoms. The van der Waals surface area contributed by atoms with Gasteiger partial charge in [0.1, 0.15) is 11.6 Å². The van der Waals surface area contributed by atoms with Crippen molar-refractivity contribution in [2.24, 2.45) is 0 Å². The van der Waals surface area contributed by atoms with Gasteiger partial charge in [-0.05, 0) is 91.0 Å². The Morgan fingerprint density at radius 2 is 0.393 bits per heavy atom. The predicted molar refractivity (Wildman–Crippen MR) is 350 cm³/mol. The third-order valence-corrected chi connectivity index (χ3v) is 18.0. The van der Waals surface area contributed by atoms with E-state index in [0.717, 1.165) is 89.0 Å². The van der Waals surface area contributed by atoms with Crippen molar-refractivity contribution in [2.75, 3.05) is 0 Å². The summed E-state index contributed by atoms with van der Waals surface area (Å²) in [4.78, 5) is 5.99. The van der Waals surface area contributed by atoms with E-state index in [1.165, 1.54) is 76.2 Å². The van der Waals surface area contributed by atoms with Gasteiger partial charge in [-0.2, -0.15) is 0 Å². The van der Waals surface area contributed by atoms with E-state index < -0.39 is 0 Å². The number of nitrogens with zero attached hydrogens (tertiary/aromatic N) is 7. The summed E-state index contributed by atoms with van der Waals surface area (Å²) >= 11 is 0. The minimum atomic E-state index is 0.807. The highest BCUT2D eigenvalue weighted by molar-refractivity contribution is 6.20. The summed E-state index contributed by atoms with van der Waals surface area (Å²) in [6.07, 6.45) is 0. The second-order valence-electron chi connectivity index (χ2n) is 22.2. The molecule has 0 radical (unpaired) electrons. The predicted octanol–water partition coefficient (Wildman–Crippen LogP) is 19.7. The molecular weight excluding hydrogens is 1020 g/mol. The topological polar surface area (TPSA) is 42.5 Å². The third-order valence-electron chi connectivity index (χ3n) is 18.0. The van der Waals surface area contributed by atoms with Gasteiger partial charge < -0.3 is 18.3 Å². The molecule has 0 amide bonds. The molecule has 0 aliphatic carbocycles. The SMILES string of the molecule is c1ccc2c(c1)c1ccccc1n2-c1cccc2c1c1ccccc1n2-c1cc(-n2c3ccccc3c3c(-n4c5ccccc5c5ccccc54)cccc32)nc(-n2c3ccccc3c3c(-n4c5ccccc5c5ccccc54)cccc32)c1. The van der Waals surface area contributed by atoms with Crippen molar-refractivity contribution in [3.63, 3.8) is 0 Å². The highest BCUT2D eigenvalue weighted by Crippen LogP contribution is 2.45. The number of hydrogen-bond donors (Lipinski definition) is 0. The summed E-state index contributed by atoms with van der Waals surface area (Å²) in [5, 5.41) is 14.4. The monoisotopic (exact) mass is 1070 g/mol. The molecule has 0 bridgehead atoms. The first-order valence-corrected chi connectivity index (χ1v) is 28.8. The molecule has 19 aromatic rings. The van der Waals surface area contributed by atoms with E-state index in [-0.39, 0.29) is 0 Å². The van der Waals surface area contributed by atoms with Gasteiger partial charge in [0.2, 0.25) is 0 Å². The molecule has 7 nitrogen and oxygen atoms in total. The van der Waals surface area contributed by atoms with Crippen LogP contribution >= 0.6 is 0 Å². The lowest BCUT2D eigenvalue weighted by molar-refractivity contribution is 0.997. The van der Waals surface area contributed by atoms with Crippen LogP contribution in [0, 0.1) is 0 Å². The Kier molecular flexibility index (Phi) is 9.21. The molecule has 12 aromatic carbocycles. The maximum Gasteiger partial charge on any atom is 0.142 e. The standard InChI is InChI=1S/C77H47N7/c1-10-31-58-49(22-1)50-23-2-11-32-59(50)80(58)68-41-19-40-67-75(68)55-28-7-16-37-64(55)79(67)48-46-73(83-65-38-17-8-29-56(65)76-69(42-20-44-71(76)83)81-60-33-12-3-24-51(60)52-25-4-13-34-61(52)81)78-74(47-48)84-66-39-18-9-30-57(66)77-70(43-21-45-72(77)84)82-62-35-14-5-26-53(62)54-27-6-15-36-63(54)82/h1-47H. The largest absolute Gasteiger partial charge is 0.309 e. The summed E-state index contributed by atoms with van der Waals surface area (Å²) in [5.41, 5.74) is 17.9. The van der Waals surface area contributed by atoms with Gasteiger partial charge in [-0.1, -0.05) is 182 Å². The number of pyridine rings is 1. The molecule has 7 heteroatoms. The van der Waals surface area contributed by atoms with E-state index in [4.69, 9.17) is 4.98 Å². The van der Waals surface area contributed by atoms with Gasteiger partial charge in [0.15, 0.2) is 0 Å². The summed E-state index contributed by atoms with van der Waals surface area (Å²) in [5.74, 6) is 1.61. The van der Waals surface area contributed by atoms with Crippen molar-refractivity contribution in [3.8, 4) is 34.4 Å². The molecule has 0 aliphatic heterocycles. The third kappa shape index (κ3) is 6.06. The Morgan fingerprint density at radius 1 is 0.179 bits per heavy atom. The van der Waals surface area contributed by atoms with E-state index in [1.54, 1.807) is 0 Å². The summed E-state index contributed by atoms with van der Waals surface area (Å²) in [6.45, 7) is 0. The number of hydrogen-bond acceptors (Lipinski definition) is 1. The molecule has 390 valence electrons. The Bertz CT molecular complexity index is 5250. The van der Waals surface area contributed by atoms with Gasteiger partial charge in [-0.3, -0.25) is 9.13 Å². The lowest BCUT2D eigenvalue weighted by atomic mass is 10.1. The highest BCUT2D eigenvalue weighted by Gasteiger charge is 2.26. The van der Waals surface area contributed by atoms with Crippen LogP contribution in [0.15, 0.2) is 285 Å². The average molecular weight is 1070 g/mol. The van der Waals surface area contributed by atoms with Crippen LogP contribution in [-0.2, 0) is 0 Å². The summed E-state index contributed by atoms with van der Waals surface area (Å²) in [7, 11) is 0. The van der Waals surface area contributed by atoms with Gasteiger partial charge in [0.05, 0.1) is 88.9 Å². The van der Waals surface area contributed by atoms with Crippen molar-refractivity contribution in [3.05, 3.63) is 285 Å². The lowest BCUT2D eigenvalue weighted by Gasteiger charge is -2.17. The van der Waals surface area contributed by atoms with Crippen LogP contribution in [0.4, 0.5) is 0 Å². The quantitative estimate of drug-likeness (QED) is 0.164. The minimum Gasteiger partial charge on any atom is -0.309 e. The van der Waals surface area contributed by atoms with Crippen molar-refractivity contribution >= 4 is 131 Å². The number of aromatic nitrogens is 7. The molecule has 0 spiro atoms. The van der Waals surface area contributed by atoms with E-state index >= 15 is 0 Å². The van der Waals surface area contributed by atoms with Crippen molar-refractivity contribution in [1.29, 1.82) is 0 Å². The molecule has 7 aromatic heterocycles. The van der Waals surface area contributed by atoms with E-state index in [9.17, 15) is 0 Å². The van der Waals surface area contributed by atoms with Crippen LogP contribution < -0.4 is 0 Å². The zero-order valence-corrected chi connectivity index (χ0v) is 45.3. The number of rotatable bonds is 6. The molecule has 0 fully saturated rings. The van der Waals surface area contributed by atoms with Crippen LogP contribution in [0.1, 0.15) is 0 Å². The van der Waals surface area contributed by atoms with Crippen molar-refractivity contribution < 1.29 is 0 Å². The summed E-state index contributed by atoms with van der Waals surface area (Å²) in [6, 6.07) is 104. The fourth-order valence-electron chi connectivity index (χ4n) is 14.7. The fraction of sp³-hybridized carbons (Fsp3) is 0. The number of fused-ring (bicyclic) bond motifs is 18. The maximum absolute atomic E-state index is 5.99. The van der Waals surface area contributed by atoms with Gasteiger partial charge in [0.25, 0.3) is 0 Å². The zero-order valence-electron chi connectivity index (χ0n) is 45.3. The van der Waals surface area contributed by atoms with Gasteiger partial charge in [-0.15, -0.1) is 0 Å². The molecule has 19 rings (SSSR count). The molecule has 0 unspecified atom stereocenters. The lowest BCUT2D eigenvalue weighted by Crippen LogP contribution is -2.07. The molecule has 0 N–H and O–H groups in total. The van der Waals surface area contributed by atoms with Gasteiger partial charge in [-0.25, -0.2) is 4.98 Å². The molecule has 0 saturated heterocycles. The normalized spacial score (nSPS) is 12.3. The highest BCUT2D eigenvalue weighted by atomic mass is 15.2. The Balaban J connectivity index is 0.941. The zero-order chi connectivity index (χ0) is 54.7. The first kappa shape index (κ1) is 45.3. The second-order valence-corrected chi connectivity index (χ2v) is 22.2. The molecule has 0 saturated carbocycles. The van der Waals surface area contributed by atoms with E-state index in [2.05, 4.69) is 313 Å². The van der Waals surface area contributed by atoms with Crippen LogP contribution in [0.2, 0.25) is 0 Å². The first-order valence-electron chi connectivity index (χ1n) is 28.8. The van der Waals surface area contributed by atoms with Crippen LogP contribution in [-0.4, -0.2) is 32.4 Å². The minimum absolute atomic E-state index is 0.807. The molecular formula is C77H47N7. The first-order chi connectivity index (χ1) is 41.7. The second kappa shape index (κ2) is 17.1.